The Labute approximate surface area is 109 Å². The predicted octanol–water partition coefficient (Wildman–Crippen LogP) is 2.86. The van der Waals surface area contributed by atoms with Crippen LogP contribution in [0.2, 0.25) is 0 Å². The minimum Gasteiger partial charge on any atom is -0.265 e. The predicted molar refractivity (Wildman–Crippen MR) is 69.0 cm³/mol. The number of rotatable bonds is 4. The van der Waals surface area contributed by atoms with Crippen LogP contribution in [0, 0.1) is 0 Å². The molecule has 0 aliphatic carbocycles. The molecule has 3 nitrogen and oxygen atoms in total. The summed E-state index contributed by atoms with van der Waals surface area (Å²) in [6.07, 6.45) is 5.17. The molecule has 0 amide bonds. The first-order valence-electron chi connectivity index (χ1n) is 4.98. The van der Waals surface area contributed by atoms with Crippen molar-refractivity contribution in [1.82, 2.24) is 4.98 Å². The number of halogens is 1. The van der Waals surface area contributed by atoms with Gasteiger partial charge >= 0.3 is 0 Å². The van der Waals surface area contributed by atoms with Crippen molar-refractivity contribution in [1.29, 1.82) is 0 Å². The average molecular weight is 288 g/mol. The van der Waals surface area contributed by atoms with Gasteiger partial charge < -0.3 is 0 Å². The summed E-state index contributed by atoms with van der Waals surface area (Å²) in [6, 6.07) is 7.26. The Balaban J connectivity index is 2.04. The summed E-state index contributed by atoms with van der Waals surface area (Å²) in [5.74, 6) is 0. The van der Waals surface area contributed by atoms with Gasteiger partial charge in [0.1, 0.15) is 4.21 Å². The summed E-state index contributed by atoms with van der Waals surface area (Å²) in [4.78, 5) is 4.96. The van der Waals surface area contributed by atoms with E-state index in [9.17, 15) is 8.42 Å². The highest BCUT2D eigenvalue weighted by Crippen LogP contribution is 2.25. The van der Waals surface area contributed by atoms with E-state index >= 15 is 0 Å². The molecule has 17 heavy (non-hydrogen) atoms. The number of thiophene rings is 1. The Bertz CT molecular complexity index is 593. The SMILES string of the molecule is O=S(=O)(Cl)c1ccc(CCc2ccncc2)s1. The van der Waals surface area contributed by atoms with Crippen LogP contribution >= 0.6 is 22.0 Å². The Morgan fingerprint density at radius 2 is 1.82 bits per heavy atom. The lowest BCUT2D eigenvalue weighted by molar-refractivity contribution is 0.611. The topological polar surface area (TPSA) is 47.0 Å². The number of aryl methyl sites for hydroxylation is 2. The Morgan fingerprint density at radius 3 is 2.41 bits per heavy atom. The highest BCUT2D eigenvalue weighted by molar-refractivity contribution is 8.15. The van der Waals surface area contributed by atoms with E-state index in [2.05, 4.69) is 4.98 Å². The van der Waals surface area contributed by atoms with E-state index < -0.39 is 9.05 Å². The first kappa shape index (κ1) is 12.5. The lowest BCUT2D eigenvalue weighted by Crippen LogP contribution is -1.88. The quantitative estimate of drug-likeness (QED) is 0.813. The first-order chi connectivity index (χ1) is 8.05. The molecule has 0 unspecified atom stereocenters. The summed E-state index contributed by atoms with van der Waals surface area (Å²) < 4.78 is 22.4. The zero-order valence-corrected chi connectivity index (χ0v) is 11.2. The van der Waals surface area contributed by atoms with E-state index in [1.54, 1.807) is 24.5 Å². The highest BCUT2D eigenvalue weighted by atomic mass is 35.7. The van der Waals surface area contributed by atoms with Gasteiger partial charge in [-0.25, -0.2) is 8.42 Å². The zero-order valence-electron chi connectivity index (χ0n) is 8.84. The summed E-state index contributed by atoms with van der Waals surface area (Å²) in [7, 11) is 1.68. The van der Waals surface area contributed by atoms with Gasteiger partial charge in [0.15, 0.2) is 0 Å². The minimum absolute atomic E-state index is 0.212. The molecule has 2 aromatic heterocycles. The molecule has 0 saturated heterocycles. The third-order valence-corrected chi connectivity index (χ3v) is 5.52. The standard InChI is InChI=1S/C11H10ClNO2S2/c12-17(14,15)11-4-3-10(16-11)2-1-9-5-7-13-8-6-9/h3-8H,1-2H2. The van der Waals surface area contributed by atoms with E-state index in [1.807, 2.05) is 12.1 Å². The molecule has 0 aliphatic heterocycles. The van der Waals surface area contributed by atoms with Gasteiger partial charge in [-0.3, -0.25) is 4.98 Å². The van der Waals surface area contributed by atoms with Crippen LogP contribution < -0.4 is 0 Å². The normalized spacial score (nSPS) is 11.6. The second-order valence-electron chi connectivity index (χ2n) is 3.51. The molecular weight excluding hydrogens is 278 g/mol. The molecule has 0 atom stereocenters. The monoisotopic (exact) mass is 287 g/mol. The molecule has 2 heterocycles. The van der Waals surface area contributed by atoms with Crippen LogP contribution in [0.25, 0.3) is 0 Å². The van der Waals surface area contributed by atoms with Crippen molar-refractivity contribution in [2.75, 3.05) is 0 Å². The van der Waals surface area contributed by atoms with Gasteiger partial charge in [-0.05, 0) is 42.7 Å². The van der Waals surface area contributed by atoms with Gasteiger partial charge in [-0.2, -0.15) is 0 Å². The maximum atomic E-state index is 11.1. The molecule has 6 heteroatoms. The van der Waals surface area contributed by atoms with E-state index in [1.165, 1.54) is 16.9 Å². The zero-order chi connectivity index (χ0) is 12.3. The van der Waals surface area contributed by atoms with Crippen LogP contribution in [0.15, 0.2) is 40.9 Å². The van der Waals surface area contributed by atoms with Crippen LogP contribution in [-0.4, -0.2) is 13.4 Å². The van der Waals surface area contributed by atoms with Crippen molar-refractivity contribution in [3.63, 3.8) is 0 Å². The third kappa shape index (κ3) is 3.52. The lowest BCUT2D eigenvalue weighted by Gasteiger charge is -1.98. The molecule has 0 fully saturated rings. The molecule has 0 saturated carbocycles. The van der Waals surface area contributed by atoms with Gasteiger partial charge in [-0.15, -0.1) is 11.3 Å². The number of aromatic nitrogens is 1. The Morgan fingerprint density at radius 1 is 1.12 bits per heavy atom. The molecule has 2 rings (SSSR count). The van der Waals surface area contributed by atoms with Crippen LogP contribution in [0.1, 0.15) is 10.4 Å². The summed E-state index contributed by atoms with van der Waals surface area (Å²) in [5.41, 5.74) is 1.18. The van der Waals surface area contributed by atoms with Crippen molar-refractivity contribution in [2.45, 2.75) is 17.1 Å². The second-order valence-corrected chi connectivity index (χ2v) is 7.48. The lowest BCUT2D eigenvalue weighted by atomic mass is 10.1. The third-order valence-electron chi connectivity index (χ3n) is 2.29. The van der Waals surface area contributed by atoms with Crippen LogP contribution in [0.3, 0.4) is 0 Å². The van der Waals surface area contributed by atoms with Crippen molar-refractivity contribution in [3.8, 4) is 0 Å². The molecule has 0 aliphatic rings. The fraction of sp³-hybridized carbons (Fsp3) is 0.182. The molecule has 0 spiro atoms. The average Bonchev–Trinajstić information content (AvgIpc) is 2.76. The largest absolute Gasteiger partial charge is 0.270 e. The Kier molecular flexibility index (Phi) is 3.81. The summed E-state index contributed by atoms with van der Waals surface area (Å²) in [5, 5.41) is 0. The van der Waals surface area contributed by atoms with Crippen LogP contribution in [0.5, 0.6) is 0 Å². The number of nitrogens with zero attached hydrogens (tertiary/aromatic N) is 1. The number of hydrogen-bond donors (Lipinski definition) is 0. The van der Waals surface area contributed by atoms with Crippen molar-refractivity contribution >= 4 is 31.1 Å². The maximum Gasteiger partial charge on any atom is 0.270 e. The molecule has 90 valence electrons. The van der Waals surface area contributed by atoms with E-state index in [0.29, 0.717) is 0 Å². The van der Waals surface area contributed by atoms with Crippen molar-refractivity contribution in [2.24, 2.45) is 0 Å². The molecular formula is C11H10ClNO2S2. The number of pyridine rings is 1. The van der Waals surface area contributed by atoms with E-state index in [0.717, 1.165) is 17.7 Å². The van der Waals surface area contributed by atoms with Gasteiger partial charge in [0.25, 0.3) is 9.05 Å². The molecule has 2 aromatic rings. The van der Waals surface area contributed by atoms with Crippen LogP contribution in [0.4, 0.5) is 0 Å². The number of hydrogen-bond acceptors (Lipinski definition) is 4. The van der Waals surface area contributed by atoms with Crippen molar-refractivity contribution < 1.29 is 8.42 Å². The van der Waals surface area contributed by atoms with E-state index in [-0.39, 0.29) is 4.21 Å². The van der Waals surface area contributed by atoms with Gasteiger partial charge in [0, 0.05) is 28.0 Å². The van der Waals surface area contributed by atoms with Gasteiger partial charge in [0.05, 0.1) is 0 Å². The second kappa shape index (κ2) is 5.16. The fourth-order valence-corrected chi connectivity index (χ4v) is 3.56. The van der Waals surface area contributed by atoms with Gasteiger partial charge in [0.2, 0.25) is 0 Å². The highest BCUT2D eigenvalue weighted by Gasteiger charge is 2.12. The summed E-state index contributed by atoms with van der Waals surface area (Å²) in [6.45, 7) is 0. The van der Waals surface area contributed by atoms with E-state index in [4.69, 9.17) is 10.7 Å². The van der Waals surface area contributed by atoms with Crippen LogP contribution in [-0.2, 0) is 21.9 Å². The minimum atomic E-state index is -3.58. The smallest absolute Gasteiger partial charge is 0.265 e. The molecule has 0 bridgehead atoms. The van der Waals surface area contributed by atoms with Gasteiger partial charge in [-0.1, -0.05) is 0 Å². The first-order valence-corrected chi connectivity index (χ1v) is 8.10. The maximum absolute atomic E-state index is 11.1. The van der Waals surface area contributed by atoms with Crippen molar-refractivity contribution in [3.05, 3.63) is 47.1 Å². The fourth-order valence-electron chi connectivity index (χ4n) is 1.44. The molecule has 0 aromatic carbocycles. The summed E-state index contributed by atoms with van der Waals surface area (Å²) >= 11 is 1.22. The molecule has 0 radical (unpaired) electrons. The Hall–Kier alpha value is -0.910. The molecule has 0 N–H and O–H groups in total.